The maximum absolute atomic E-state index is 11.6. The minimum Gasteiger partial charge on any atom is -0.480 e. The first-order valence-electron chi connectivity index (χ1n) is 11.7. The van der Waals surface area contributed by atoms with Crippen molar-refractivity contribution in [1.29, 1.82) is 0 Å². The Bertz CT molecular complexity index is 745. The average molecular weight is 498 g/mol. The Morgan fingerprint density at radius 3 is 2.06 bits per heavy atom. The molecule has 0 aliphatic carbocycles. The highest BCUT2D eigenvalue weighted by atomic mass is 32.2. The van der Waals surface area contributed by atoms with E-state index in [9.17, 15) is 24.6 Å². The number of aliphatic carboxylic acids is 1. The minimum atomic E-state index is -1.33. The largest absolute Gasteiger partial charge is 0.480 e. The van der Waals surface area contributed by atoms with Gasteiger partial charge in [0.25, 0.3) is 0 Å². The highest BCUT2D eigenvalue weighted by molar-refractivity contribution is 7.99. The second-order valence-electron chi connectivity index (χ2n) is 8.81. The summed E-state index contributed by atoms with van der Waals surface area (Å²) >= 11 is 1.44. The molecular formula is C25H43N3O5S. The summed E-state index contributed by atoms with van der Waals surface area (Å²) in [6.45, 7) is 9.73. The van der Waals surface area contributed by atoms with E-state index in [0.29, 0.717) is 5.75 Å². The summed E-state index contributed by atoms with van der Waals surface area (Å²) in [5.74, 6) is -1.16. The van der Waals surface area contributed by atoms with Crippen LogP contribution in [0.5, 0.6) is 0 Å². The predicted octanol–water partition coefficient (Wildman–Crippen LogP) is 3.27. The van der Waals surface area contributed by atoms with Crippen LogP contribution in [-0.2, 0) is 14.4 Å². The summed E-state index contributed by atoms with van der Waals surface area (Å²) in [4.78, 5) is 34.0. The van der Waals surface area contributed by atoms with Crippen LogP contribution in [-0.4, -0.2) is 57.8 Å². The van der Waals surface area contributed by atoms with Crippen molar-refractivity contribution >= 4 is 29.5 Å². The number of aliphatic hydroxyl groups excluding tert-OH is 1. The highest BCUT2D eigenvalue weighted by Gasteiger charge is 2.26. The van der Waals surface area contributed by atoms with Gasteiger partial charge >= 0.3 is 5.97 Å². The summed E-state index contributed by atoms with van der Waals surface area (Å²) in [5.41, 5.74) is 9.12. The zero-order valence-electron chi connectivity index (χ0n) is 21.2. The lowest BCUT2D eigenvalue weighted by Crippen LogP contribution is -2.55. The van der Waals surface area contributed by atoms with E-state index in [1.165, 1.54) is 35.4 Å². The monoisotopic (exact) mass is 497 g/mol. The molecule has 194 valence electrons. The fourth-order valence-electron chi connectivity index (χ4n) is 3.11. The number of nitrogens with one attached hydrogen (secondary N) is 2. The third kappa shape index (κ3) is 17.4. The Balaban J connectivity index is 4.57. The molecule has 0 aliphatic heterocycles. The van der Waals surface area contributed by atoms with Crippen molar-refractivity contribution in [1.82, 2.24) is 10.6 Å². The number of nitrogens with two attached hydrogens (primary N) is 1. The fourth-order valence-corrected chi connectivity index (χ4v) is 4.12. The zero-order chi connectivity index (χ0) is 26.1. The number of carboxylic acids is 1. The Morgan fingerprint density at radius 2 is 1.53 bits per heavy atom. The highest BCUT2D eigenvalue weighted by Crippen LogP contribution is 2.13. The second kappa shape index (κ2) is 18.3. The number of carboxylic acid groups (broad SMARTS) is 1. The number of carbonyl (C=O) groups excluding carboxylic acids is 2. The molecule has 0 aromatic rings. The van der Waals surface area contributed by atoms with Crippen molar-refractivity contribution in [3.05, 3.63) is 34.9 Å². The Hall–Kier alpha value is -2.10. The molecule has 0 aromatic heterocycles. The summed E-state index contributed by atoms with van der Waals surface area (Å²) in [7, 11) is 0. The molecule has 34 heavy (non-hydrogen) atoms. The predicted molar refractivity (Wildman–Crippen MR) is 139 cm³/mol. The average Bonchev–Trinajstić information content (AvgIpc) is 2.72. The summed E-state index contributed by atoms with van der Waals surface area (Å²) in [6.07, 6.45) is 9.45. The Morgan fingerprint density at radius 1 is 0.941 bits per heavy atom. The quantitative estimate of drug-likeness (QED) is 0.111. The number of hydrogen-bond donors (Lipinski definition) is 5. The topological polar surface area (TPSA) is 142 Å². The van der Waals surface area contributed by atoms with Crippen molar-refractivity contribution in [2.24, 2.45) is 5.73 Å². The Labute approximate surface area is 208 Å². The van der Waals surface area contributed by atoms with Crippen LogP contribution in [0.25, 0.3) is 0 Å². The van der Waals surface area contributed by atoms with E-state index in [4.69, 9.17) is 5.73 Å². The molecule has 0 radical (unpaired) electrons. The first-order valence-corrected chi connectivity index (χ1v) is 12.8. The van der Waals surface area contributed by atoms with Crippen molar-refractivity contribution < 1.29 is 24.6 Å². The molecule has 9 heteroatoms. The number of allylic oxidation sites excluding steroid dienone is 5. The summed E-state index contributed by atoms with van der Waals surface area (Å²) < 4.78 is 0. The number of amides is 2. The van der Waals surface area contributed by atoms with Gasteiger partial charge in [-0.3, -0.25) is 19.7 Å². The molecule has 6 N–H and O–H groups in total. The molecular weight excluding hydrogens is 454 g/mol. The van der Waals surface area contributed by atoms with E-state index in [0.717, 1.165) is 25.7 Å². The number of hydrogen-bond acceptors (Lipinski definition) is 6. The third-order valence-electron chi connectivity index (χ3n) is 5.10. The van der Waals surface area contributed by atoms with Gasteiger partial charge in [0.15, 0.2) is 0 Å². The SMILES string of the molecule is CC(=O)NC(CCC(N)=O)C(O)N[C@@H](CSC/C=C(\C)CC/C=C(\C)CCC=C(C)C)C(=O)O. The number of primary amides is 1. The molecule has 0 aliphatic rings. The van der Waals surface area contributed by atoms with E-state index in [1.807, 2.05) is 0 Å². The summed E-state index contributed by atoms with van der Waals surface area (Å²) in [5, 5.41) is 25.1. The van der Waals surface area contributed by atoms with Crippen LogP contribution < -0.4 is 16.4 Å². The van der Waals surface area contributed by atoms with Crippen LogP contribution in [0.2, 0.25) is 0 Å². The molecule has 0 aromatic carbocycles. The Kier molecular flexibility index (Phi) is 17.1. The van der Waals surface area contributed by atoms with E-state index in [-0.39, 0.29) is 18.6 Å². The lowest BCUT2D eigenvalue weighted by Gasteiger charge is -2.27. The lowest BCUT2D eigenvalue weighted by atomic mass is 10.1. The van der Waals surface area contributed by atoms with Gasteiger partial charge in [0.2, 0.25) is 11.8 Å². The van der Waals surface area contributed by atoms with Gasteiger partial charge in [-0.05, 0) is 59.8 Å². The lowest BCUT2D eigenvalue weighted by molar-refractivity contribution is -0.140. The molecule has 0 rings (SSSR count). The molecule has 2 unspecified atom stereocenters. The minimum absolute atomic E-state index is 0.0373. The molecule has 0 spiro atoms. The van der Waals surface area contributed by atoms with Gasteiger partial charge in [-0.1, -0.05) is 34.9 Å². The summed E-state index contributed by atoms with van der Waals surface area (Å²) in [6, 6.07) is -1.83. The third-order valence-corrected chi connectivity index (χ3v) is 6.07. The van der Waals surface area contributed by atoms with E-state index < -0.39 is 36.1 Å². The first-order chi connectivity index (χ1) is 15.9. The number of carbonyl (C=O) groups is 3. The van der Waals surface area contributed by atoms with Gasteiger partial charge in [0, 0.05) is 24.9 Å². The van der Waals surface area contributed by atoms with Crippen LogP contribution in [0.3, 0.4) is 0 Å². The molecule has 0 bridgehead atoms. The molecule has 8 nitrogen and oxygen atoms in total. The maximum Gasteiger partial charge on any atom is 0.321 e. The smallest absolute Gasteiger partial charge is 0.321 e. The molecule has 3 atom stereocenters. The van der Waals surface area contributed by atoms with Gasteiger partial charge in [-0.25, -0.2) is 0 Å². The van der Waals surface area contributed by atoms with Gasteiger partial charge in [-0.15, -0.1) is 0 Å². The van der Waals surface area contributed by atoms with Gasteiger partial charge in [-0.2, -0.15) is 11.8 Å². The van der Waals surface area contributed by atoms with Gasteiger partial charge in [0.05, 0.1) is 6.04 Å². The molecule has 2 amide bonds. The molecule has 0 heterocycles. The van der Waals surface area contributed by atoms with Crippen LogP contribution in [0.4, 0.5) is 0 Å². The van der Waals surface area contributed by atoms with E-state index in [1.54, 1.807) is 0 Å². The molecule has 0 fully saturated rings. The maximum atomic E-state index is 11.6. The van der Waals surface area contributed by atoms with Gasteiger partial charge in [0.1, 0.15) is 12.3 Å². The van der Waals surface area contributed by atoms with Crippen molar-refractivity contribution in [3.63, 3.8) is 0 Å². The van der Waals surface area contributed by atoms with Crippen LogP contribution in [0.15, 0.2) is 34.9 Å². The molecule has 0 saturated carbocycles. The van der Waals surface area contributed by atoms with Crippen molar-refractivity contribution in [2.75, 3.05) is 11.5 Å². The number of rotatable bonds is 18. The van der Waals surface area contributed by atoms with Crippen molar-refractivity contribution in [2.45, 2.75) is 91.5 Å². The van der Waals surface area contributed by atoms with Gasteiger partial charge < -0.3 is 21.3 Å². The van der Waals surface area contributed by atoms with Crippen LogP contribution in [0.1, 0.15) is 73.1 Å². The van der Waals surface area contributed by atoms with Crippen LogP contribution in [0, 0.1) is 0 Å². The number of aliphatic hydroxyl groups is 1. The fraction of sp³-hybridized carbons (Fsp3) is 0.640. The normalized spacial score (nSPS) is 14.8. The first kappa shape index (κ1) is 31.9. The van der Waals surface area contributed by atoms with E-state index in [2.05, 4.69) is 56.6 Å². The number of thioether (sulfide) groups is 1. The van der Waals surface area contributed by atoms with E-state index >= 15 is 0 Å². The van der Waals surface area contributed by atoms with Crippen LogP contribution >= 0.6 is 11.8 Å². The second-order valence-corrected chi connectivity index (χ2v) is 9.89. The van der Waals surface area contributed by atoms with Crippen molar-refractivity contribution in [3.8, 4) is 0 Å². The zero-order valence-corrected chi connectivity index (χ0v) is 22.0. The molecule has 0 saturated heterocycles. The standard InChI is InChI=1S/C25H43N3O5S/c1-17(2)8-6-9-18(3)10-7-11-19(4)14-15-34-16-22(25(32)33)28-24(31)21(27-20(5)29)12-13-23(26)30/h8,10,14,21-22,24,28,31H,6-7,9,11-13,15-16H2,1-5H3,(H2,26,30)(H,27,29)(H,32,33)/b18-10+,19-14+/t21?,22-,24?/m0/s1.